The zero-order chi connectivity index (χ0) is 20.6. The fourth-order valence-corrected chi connectivity index (χ4v) is 4.53. The molecule has 0 aliphatic heterocycles. The molecule has 0 spiro atoms. The van der Waals surface area contributed by atoms with Crippen LogP contribution >= 0.6 is 0 Å². The molecule has 4 rings (SSSR count). The molecule has 29 heavy (non-hydrogen) atoms. The van der Waals surface area contributed by atoms with Crippen LogP contribution < -0.4 is 10.0 Å². The van der Waals surface area contributed by atoms with E-state index in [0.717, 1.165) is 29.7 Å². The Labute approximate surface area is 170 Å². The standard InChI is InChI=1S/C21H24N4O3S/c1-3-22-29(27,28)16-9-7-13(2)17(12-16)21(26)23-15-8-10-18-19(11-15)25-20(24-18)14-5-4-6-14/h7-12,14,22H,3-6H2,1-2H3,(H,23,26)(H,24,25). The van der Waals surface area contributed by atoms with Crippen molar-refractivity contribution < 1.29 is 13.2 Å². The summed E-state index contributed by atoms with van der Waals surface area (Å²) in [5, 5.41) is 2.87. The van der Waals surface area contributed by atoms with E-state index in [0.29, 0.717) is 22.7 Å². The zero-order valence-electron chi connectivity index (χ0n) is 16.5. The molecule has 0 atom stereocenters. The third kappa shape index (κ3) is 3.90. The Hall–Kier alpha value is -2.71. The summed E-state index contributed by atoms with van der Waals surface area (Å²) in [5.41, 5.74) is 3.41. The third-order valence-corrected chi connectivity index (χ3v) is 6.89. The molecular formula is C21H24N4O3S. The summed E-state index contributed by atoms with van der Waals surface area (Å²) >= 11 is 0. The lowest BCUT2D eigenvalue weighted by atomic mass is 9.85. The summed E-state index contributed by atoms with van der Waals surface area (Å²) < 4.78 is 27.0. The molecule has 1 aliphatic carbocycles. The minimum Gasteiger partial charge on any atom is -0.342 e. The molecule has 1 aromatic heterocycles. The number of imidazole rings is 1. The molecule has 7 nitrogen and oxygen atoms in total. The lowest BCUT2D eigenvalue weighted by molar-refractivity contribution is 0.102. The van der Waals surface area contributed by atoms with E-state index in [-0.39, 0.29) is 17.3 Å². The van der Waals surface area contributed by atoms with Crippen molar-refractivity contribution in [2.24, 2.45) is 0 Å². The highest BCUT2D eigenvalue weighted by Crippen LogP contribution is 2.35. The molecule has 1 fully saturated rings. The van der Waals surface area contributed by atoms with Gasteiger partial charge in [-0.15, -0.1) is 0 Å². The van der Waals surface area contributed by atoms with Gasteiger partial charge in [-0.25, -0.2) is 18.1 Å². The normalized spacial score (nSPS) is 14.7. The highest BCUT2D eigenvalue weighted by atomic mass is 32.2. The van der Waals surface area contributed by atoms with Gasteiger partial charge < -0.3 is 10.3 Å². The highest BCUT2D eigenvalue weighted by Gasteiger charge is 2.23. The third-order valence-electron chi connectivity index (χ3n) is 5.35. The first-order valence-electron chi connectivity index (χ1n) is 9.78. The average Bonchev–Trinajstić information content (AvgIpc) is 3.02. The average molecular weight is 413 g/mol. The van der Waals surface area contributed by atoms with Crippen LogP contribution in [0.3, 0.4) is 0 Å². The van der Waals surface area contributed by atoms with Gasteiger partial charge in [0.25, 0.3) is 5.91 Å². The quantitative estimate of drug-likeness (QED) is 0.574. The van der Waals surface area contributed by atoms with Crippen molar-refractivity contribution in [2.75, 3.05) is 11.9 Å². The highest BCUT2D eigenvalue weighted by molar-refractivity contribution is 7.89. The number of aromatic amines is 1. The van der Waals surface area contributed by atoms with Gasteiger partial charge in [0.15, 0.2) is 0 Å². The number of anilines is 1. The number of sulfonamides is 1. The molecule has 1 aliphatic rings. The van der Waals surface area contributed by atoms with Crippen molar-refractivity contribution in [3.05, 3.63) is 53.3 Å². The zero-order valence-corrected chi connectivity index (χ0v) is 17.3. The summed E-state index contributed by atoms with van der Waals surface area (Å²) in [7, 11) is -3.63. The molecule has 1 heterocycles. The topological polar surface area (TPSA) is 104 Å². The number of aromatic nitrogens is 2. The van der Waals surface area contributed by atoms with Gasteiger partial charge in [-0.05, 0) is 55.7 Å². The number of benzene rings is 2. The molecule has 3 N–H and O–H groups in total. The van der Waals surface area contributed by atoms with Crippen molar-refractivity contribution in [1.29, 1.82) is 0 Å². The number of hydrogen-bond donors (Lipinski definition) is 3. The van der Waals surface area contributed by atoms with Crippen LogP contribution in [-0.4, -0.2) is 30.8 Å². The molecule has 0 radical (unpaired) electrons. The van der Waals surface area contributed by atoms with Crippen molar-refractivity contribution >= 4 is 32.7 Å². The van der Waals surface area contributed by atoms with Gasteiger partial charge in [0.05, 0.1) is 15.9 Å². The van der Waals surface area contributed by atoms with Gasteiger partial charge in [-0.1, -0.05) is 19.4 Å². The smallest absolute Gasteiger partial charge is 0.255 e. The number of nitrogens with one attached hydrogen (secondary N) is 3. The van der Waals surface area contributed by atoms with E-state index in [1.54, 1.807) is 26.0 Å². The van der Waals surface area contributed by atoms with Crippen molar-refractivity contribution in [3.63, 3.8) is 0 Å². The first-order chi connectivity index (χ1) is 13.9. The Morgan fingerprint density at radius 1 is 1.21 bits per heavy atom. The van der Waals surface area contributed by atoms with Crippen molar-refractivity contribution in [1.82, 2.24) is 14.7 Å². The number of carbonyl (C=O) groups excluding carboxylic acids is 1. The molecular weight excluding hydrogens is 388 g/mol. The predicted molar refractivity (Wildman–Crippen MR) is 113 cm³/mol. The molecule has 1 amide bonds. The van der Waals surface area contributed by atoms with Crippen molar-refractivity contribution in [3.8, 4) is 0 Å². The van der Waals surface area contributed by atoms with Crippen LogP contribution in [0.1, 0.15) is 53.8 Å². The molecule has 152 valence electrons. The Kier molecular flexibility index (Phi) is 5.14. The molecule has 0 unspecified atom stereocenters. The SMILES string of the molecule is CCNS(=O)(=O)c1ccc(C)c(C(=O)Nc2ccc3nc(C4CCC4)[nH]c3c2)c1. The summed E-state index contributed by atoms with van der Waals surface area (Å²) in [6.45, 7) is 3.77. The van der Waals surface area contributed by atoms with Crippen LogP contribution in [0.15, 0.2) is 41.3 Å². The van der Waals surface area contributed by atoms with E-state index in [2.05, 4.69) is 20.0 Å². The van der Waals surface area contributed by atoms with Crippen LogP contribution in [0.4, 0.5) is 5.69 Å². The van der Waals surface area contributed by atoms with E-state index in [4.69, 9.17) is 0 Å². The lowest BCUT2D eigenvalue weighted by Crippen LogP contribution is -2.24. The fraction of sp³-hybridized carbons (Fsp3) is 0.333. The Morgan fingerprint density at radius 2 is 2.00 bits per heavy atom. The predicted octanol–water partition coefficient (Wildman–Crippen LogP) is 3.69. The van der Waals surface area contributed by atoms with Gasteiger partial charge in [0.2, 0.25) is 10.0 Å². The fourth-order valence-electron chi connectivity index (χ4n) is 3.47. The number of aryl methyl sites for hydroxylation is 1. The second-order valence-electron chi connectivity index (χ2n) is 7.41. The maximum atomic E-state index is 12.8. The number of nitrogens with zero attached hydrogens (tertiary/aromatic N) is 1. The van der Waals surface area contributed by atoms with E-state index in [1.165, 1.54) is 18.6 Å². The Bertz CT molecular complexity index is 1180. The molecule has 8 heteroatoms. The molecule has 0 saturated heterocycles. The number of hydrogen-bond acceptors (Lipinski definition) is 4. The summed E-state index contributed by atoms with van der Waals surface area (Å²) in [5.74, 6) is 1.16. The first kappa shape index (κ1) is 19.6. The molecule has 3 aromatic rings. The number of fused-ring (bicyclic) bond motifs is 1. The van der Waals surface area contributed by atoms with E-state index in [1.807, 2.05) is 12.1 Å². The van der Waals surface area contributed by atoms with Gasteiger partial charge in [-0.3, -0.25) is 4.79 Å². The molecule has 0 bridgehead atoms. The van der Waals surface area contributed by atoms with Crippen molar-refractivity contribution in [2.45, 2.75) is 43.9 Å². The number of amides is 1. The van der Waals surface area contributed by atoms with E-state index >= 15 is 0 Å². The van der Waals surface area contributed by atoms with Gasteiger partial charge in [-0.2, -0.15) is 0 Å². The minimum atomic E-state index is -3.63. The summed E-state index contributed by atoms with van der Waals surface area (Å²) in [4.78, 5) is 20.9. The number of carbonyl (C=O) groups is 1. The number of rotatable bonds is 6. The van der Waals surface area contributed by atoms with Crippen LogP contribution in [0, 0.1) is 6.92 Å². The maximum Gasteiger partial charge on any atom is 0.255 e. The first-order valence-corrected chi connectivity index (χ1v) is 11.3. The number of H-pyrrole nitrogens is 1. The largest absolute Gasteiger partial charge is 0.342 e. The maximum absolute atomic E-state index is 12.8. The van der Waals surface area contributed by atoms with Crippen LogP contribution in [0.5, 0.6) is 0 Å². The summed E-state index contributed by atoms with van der Waals surface area (Å²) in [6.07, 6.45) is 3.56. The Morgan fingerprint density at radius 3 is 2.69 bits per heavy atom. The lowest BCUT2D eigenvalue weighted by Gasteiger charge is -2.22. The van der Waals surface area contributed by atoms with Crippen LogP contribution in [-0.2, 0) is 10.0 Å². The van der Waals surface area contributed by atoms with Gasteiger partial charge in [0.1, 0.15) is 5.82 Å². The molecule has 2 aromatic carbocycles. The minimum absolute atomic E-state index is 0.0734. The Balaban J connectivity index is 1.58. The second kappa shape index (κ2) is 7.61. The van der Waals surface area contributed by atoms with E-state index < -0.39 is 10.0 Å². The van der Waals surface area contributed by atoms with Gasteiger partial charge in [0, 0.05) is 23.7 Å². The van der Waals surface area contributed by atoms with Crippen LogP contribution in [0.2, 0.25) is 0 Å². The van der Waals surface area contributed by atoms with Gasteiger partial charge >= 0.3 is 0 Å². The van der Waals surface area contributed by atoms with Crippen LogP contribution in [0.25, 0.3) is 11.0 Å². The summed E-state index contributed by atoms with van der Waals surface area (Å²) in [6, 6.07) is 10.1. The molecule has 1 saturated carbocycles. The monoisotopic (exact) mass is 412 g/mol. The second-order valence-corrected chi connectivity index (χ2v) is 9.18. The van der Waals surface area contributed by atoms with E-state index in [9.17, 15) is 13.2 Å².